The highest BCUT2D eigenvalue weighted by Gasteiger charge is 2.17. The summed E-state index contributed by atoms with van der Waals surface area (Å²) in [6.45, 7) is 2.78. The molecule has 0 aromatic carbocycles. The largest absolute Gasteiger partial charge is 0.478 e. The van der Waals surface area contributed by atoms with Gasteiger partial charge in [0.25, 0.3) is 0 Å². The summed E-state index contributed by atoms with van der Waals surface area (Å²) in [5, 5.41) is 12.2. The van der Waals surface area contributed by atoms with Gasteiger partial charge in [0.15, 0.2) is 0 Å². The van der Waals surface area contributed by atoms with Crippen LogP contribution in [0.5, 0.6) is 0 Å². The van der Waals surface area contributed by atoms with Gasteiger partial charge in [-0.25, -0.2) is 4.79 Å². The Morgan fingerprint density at radius 2 is 2.53 bits per heavy atom. The van der Waals surface area contributed by atoms with Crippen LogP contribution in [0.3, 0.4) is 0 Å². The lowest BCUT2D eigenvalue weighted by Crippen LogP contribution is -2.43. The molecule has 17 heavy (non-hydrogen) atoms. The number of furan rings is 1. The Hall–Kier alpha value is -1.33. The predicted octanol–water partition coefficient (Wildman–Crippen LogP) is 1.16. The van der Waals surface area contributed by atoms with E-state index in [9.17, 15) is 4.79 Å². The van der Waals surface area contributed by atoms with Gasteiger partial charge in [-0.1, -0.05) is 0 Å². The van der Waals surface area contributed by atoms with Gasteiger partial charge in [0.2, 0.25) is 0 Å². The lowest BCUT2D eigenvalue weighted by atomic mass is 10.1. The molecule has 1 atom stereocenters. The number of rotatable bonds is 4. The van der Waals surface area contributed by atoms with Crippen LogP contribution in [-0.4, -0.2) is 42.2 Å². The van der Waals surface area contributed by atoms with E-state index in [1.807, 2.05) is 0 Å². The van der Waals surface area contributed by atoms with Gasteiger partial charge in [-0.05, 0) is 32.5 Å². The second kappa shape index (κ2) is 5.33. The Labute approximate surface area is 100 Å². The van der Waals surface area contributed by atoms with Crippen molar-refractivity contribution in [2.24, 2.45) is 0 Å². The topological polar surface area (TPSA) is 65.7 Å². The molecule has 5 heteroatoms. The molecule has 2 N–H and O–H groups in total. The number of nitrogens with zero attached hydrogens (tertiary/aromatic N) is 1. The monoisotopic (exact) mass is 238 g/mol. The summed E-state index contributed by atoms with van der Waals surface area (Å²) in [6.07, 6.45) is 3.65. The summed E-state index contributed by atoms with van der Waals surface area (Å²) in [5.74, 6) is -0.270. The summed E-state index contributed by atoms with van der Waals surface area (Å²) in [4.78, 5) is 13.0. The van der Waals surface area contributed by atoms with Crippen LogP contribution >= 0.6 is 0 Å². The molecule has 1 aromatic heterocycles. The molecule has 0 radical (unpaired) electrons. The number of hydrogen-bond donors (Lipinski definition) is 2. The van der Waals surface area contributed by atoms with Gasteiger partial charge in [-0.2, -0.15) is 0 Å². The van der Waals surface area contributed by atoms with Crippen molar-refractivity contribution < 1.29 is 14.3 Å². The summed E-state index contributed by atoms with van der Waals surface area (Å²) in [5.41, 5.74) is 0.211. The molecule has 0 spiro atoms. The van der Waals surface area contributed by atoms with Crippen LogP contribution < -0.4 is 5.32 Å². The average Bonchev–Trinajstić information content (AvgIpc) is 2.75. The normalized spacial score (nSPS) is 21.6. The van der Waals surface area contributed by atoms with Gasteiger partial charge in [0.1, 0.15) is 12.0 Å². The van der Waals surface area contributed by atoms with E-state index < -0.39 is 5.97 Å². The van der Waals surface area contributed by atoms with Crippen LogP contribution in [0.4, 0.5) is 0 Å². The van der Waals surface area contributed by atoms with Crippen molar-refractivity contribution in [3.63, 3.8) is 0 Å². The van der Waals surface area contributed by atoms with Crippen LogP contribution in [0.15, 0.2) is 16.7 Å². The molecule has 0 amide bonds. The van der Waals surface area contributed by atoms with Crippen LogP contribution in [0, 0.1) is 0 Å². The van der Waals surface area contributed by atoms with Crippen molar-refractivity contribution >= 4 is 5.97 Å². The first-order valence-electron chi connectivity index (χ1n) is 5.88. The van der Waals surface area contributed by atoms with Gasteiger partial charge in [-0.3, -0.25) is 0 Å². The van der Waals surface area contributed by atoms with Crippen molar-refractivity contribution in [2.45, 2.75) is 25.4 Å². The molecule has 1 aliphatic rings. The Morgan fingerprint density at radius 3 is 3.18 bits per heavy atom. The van der Waals surface area contributed by atoms with E-state index in [1.165, 1.54) is 12.7 Å². The molecular formula is C12H18N2O3. The third-order valence-corrected chi connectivity index (χ3v) is 3.09. The summed E-state index contributed by atoms with van der Waals surface area (Å²) in [6, 6.07) is 2.04. The lowest BCUT2D eigenvalue weighted by Gasteiger charge is -2.30. The summed E-state index contributed by atoms with van der Waals surface area (Å²) in [7, 11) is 2.11. The average molecular weight is 238 g/mol. The zero-order valence-electron chi connectivity index (χ0n) is 9.98. The molecule has 0 aliphatic carbocycles. The van der Waals surface area contributed by atoms with Crippen LogP contribution in [0.2, 0.25) is 0 Å². The summed E-state index contributed by atoms with van der Waals surface area (Å²) < 4.78 is 5.19. The third-order valence-electron chi connectivity index (χ3n) is 3.09. The first kappa shape index (κ1) is 12.1. The second-order valence-corrected chi connectivity index (χ2v) is 4.59. The maximum Gasteiger partial charge on any atom is 0.338 e. The standard InChI is InChI=1S/C12H18N2O3/c1-14-4-2-3-10(7-14)13-6-11-5-9(8-17-11)12(15)16/h5,8,10,13H,2-4,6-7H2,1H3,(H,15,16). The molecule has 2 rings (SSSR count). The van der Waals surface area contributed by atoms with Crippen molar-refractivity contribution in [3.05, 3.63) is 23.7 Å². The molecule has 1 saturated heterocycles. The van der Waals surface area contributed by atoms with Gasteiger partial charge >= 0.3 is 5.97 Å². The number of likely N-dealkylation sites (N-methyl/N-ethyl adjacent to an activating group) is 1. The predicted molar refractivity (Wildman–Crippen MR) is 63.0 cm³/mol. The SMILES string of the molecule is CN1CCCC(NCc2cc(C(=O)O)co2)C1. The number of carboxylic acids is 1. The molecule has 94 valence electrons. The van der Waals surface area contributed by atoms with Gasteiger partial charge in [0.05, 0.1) is 12.1 Å². The minimum Gasteiger partial charge on any atom is -0.478 e. The number of hydrogen-bond acceptors (Lipinski definition) is 4. The Bertz CT molecular complexity index is 389. The minimum absolute atomic E-state index is 0.211. The van der Waals surface area contributed by atoms with Crippen molar-refractivity contribution in [2.75, 3.05) is 20.1 Å². The minimum atomic E-state index is -0.947. The highest BCUT2D eigenvalue weighted by molar-refractivity contribution is 5.87. The van der Waals surface area contributed by atoms with E-state index in [4.69, 9.17) is 9.52 Å². The van der Waals surface area contributed by atoms with Gasteiger partial charge < -0.3 is 19.7 Å². The molecule has 2 heterocycles. The Balaban J connectivity index is 1.82. The number of nitrogens with one attached hydrogen (secondary N) is 1. The van der Waals surface area contributed by atoms with E-state index in [-0.39, 0.29) is 5.56 Å². The van der Waals surface area contributed by atoms with Crippen LogP contribution in [0.25, 0.3) is 0 Å². The number of aromatic carboxylic acids is 1. The highest BCUT2D eigenvalue weighted by atomic mass is 16.4. The van der Waals surface area contributed by atoms with Crippen LogP contribution in [-0.2, 0) is 6.54 Å². The second-order valence-electron chi connectivity index (χ2n) is 4.59. The maximum atomic E-state index is 10.7. The molecule has 0 bridgehead atoms. The third kappa shape index (κ3) is 3.31. The van der Waals surface area contributed by atoms with Crippen LogP contribution in [0.1, 0.15) is 29.0 Å². The summed E-state index contributed by atoms with van der Waals surface area (Å²) >= 11 is 0. The fraction of sp³-hybridized carbons (Fsp3) is 0.583. The van der Waals surface area contributed by atoms with Gasteiger partial charge in [-0.15, -0.1) is 0 Å². The van der Waals surface area contributed by atoms with Gasteiger partial charge in [0, 0.05) is 12.6 Å². The van der Waals surface area contributed by atoms with Crippen molar-refractivity contribution in [1.82, 2.24) is 10.2 Å². The number of carboxylic acid groups (broad SMARTS) is 1. The molecule has 5 nitrogen and oxygen atoms in total. The zero-order chi connectivity index (χ0) is 12.3. The first-order valence-corrected chi connectivity index (χ1v) is 5.88. The molecule has 1 fully saturated rings. The van der Waals surface area contributed by atoms with E-state index >= 15 is 0 Å². The fourth-order valence-electron chi connectivity index (χ4n) is 2.16. The van der Waals surface area contributed by atoms with Crippen molar-refractivity contribution in [1.29, 1.82) is 0 Å². The lowest BCUT2D eigenvalue weighted by molar-refractivity contribution is 0.0696. The number of carbonyl (C=O) groups is 1. The van der Waals surface area contributed by atoms with E-state index in [0.29, 0.717) is 18.3 Å². The Kier molecular flexibility index (Phi) is 3.81. The molecule has 1 aromatic rings. The quantitative estimate of drug-likeness (QED) is 0.824. The molecule has 1 aliphatic heterocycles. The first-order chi connectivity index (χ1) is 8.15. The fourth-order valence-corrected chi connectivity index (χ4v) is 2.16. The Morgan fingerprint density at radius 1 is 1.71 bits per heavy atom. The highest BCUT2D eigenvalue weighted by Crippen LogP contribution is 2.11. The molecular weight excluding hydrogens is 220 g/mol. The van der Waals surface area contributed by atoms with E-state index in [1.54, 1.807) is 6.07 Å². The number of piperidine rings is 1. The number of likely N-dealkylation sites (tertiary alicyclic amines) is 1. The zero-order valence-corrected chi connectivity index (χ0v) is 9.98. The van der Waals surface area contributed by atoms with E-state index in [0.717, 1.165) is 19.5 Å². The van der Waals surface area contributed by atoms with Crippen molar-refractivity contribution in [3.8, 4) is 0 Å². The van der Waals surface area contributed by atoms with E-state index in [2.05, 4.69) is 17.3 Å². The smallest absolute Gasteiger partial charge is 0.338 e. The molecule has 1 unspecified atom stereocenters. The maximum absolute atomic E-state index is 10.7. The molecule has 0 saturated carbocycles.